The summed E-state index contributed by atoms with van der Waals surface area (Å²) in [7, 11) is 0. The topological polar surface area (TPSA) is 52.7 Å². The zero-order valence-corrected chi connectivity index (χ0v) is 12.0. The second kappa shape index (κ2) is 6.37. The molecule has 5 heteroatoms. The molecule has 2 amide bonds. The molecule has 1 aliphatic heterocycles. The van der Waals surface area contributed by atoms with Crippen LogP contribution < -0.4 is 5.32 Å². The molecule has 1 atom stereocenters. The molecule has 0 aromatic heterocycles. The fourth-order valence-corrected chi connectivity index (χ4v) is 2.60. The van der Waals surface area contributed by atoms with Gasteiger partial charge in [0.1, 0.15) is 0 Å². The van der Waals surface area contributed by atoms with Gasteiger partial charge in [0, 0.05) is 19.1 Å². The molecule has 1 N–H and O–H groups in total. The van der Waals surface area contributed by atoms with Gasteiger partial charge in [0.15, 0.2) is 0 Å². The molecule has 1 heterocycles. The molecule has 108 valence electrons. The van der Waals surface area contributed by atoms with E-state index in [0.717, 1.165) is 13.0 Å². The van der Waals surface area contributed by atoms with E-state index in [-0.39, 0.29) is 24.9 Å². The summed E-state index contributed by atoms with van der Waals surface area (Å²) in [6.07, 6.45) is 3.59. The molecule has 5 nitrogen and oxygen atoms in total. The SMILES string of the molecule is CCCNC(CN1CC(=O)N(CC)CC1=O)C1CC1. The Bertz CT molecular complexity index is 342. The van der Waals surface area contributed by atoms with Gasteiger partial charge in [-0.2, -0.15) is 0 Å². The molecule has 0 radical (unpaired) electrons. The third-order valence-corrected chi connectivity index (χ3v) is 4.00. The number of carbonyl (C=O) groups is 2. The van der Waals surface area contributed by atoms with Crippen LogP contribution in [0, 0.1) is 5.92 Å². The van der Waals surface area contributed by atoms with E-state index in [2.05, 4.69) is 12.2 Å². The Labute approximate surface area is 115 Å². The highest BCUT2D eigenvalue weighted by atomic mass is 16.2. The highest BCUT2D eigenvalue weighted by Crippen LogP contribution is 2.33. The number of piperazine rings is 1. The summed E-state index contributed by atoms with van der Waals surface area (Å²) in [5.74, 6) is 0.858. The van der Waals surface area contributed by atoms with E-state index >= 15 is 0 Å². The summed E-state index contributed by atoms with van der Waals surface area (Å²) in [5, 5.41) is 3.52. The van der Waals surface area contributed by atoms with Crippen molar-refractivity contribution in [3.05, 3.63) is 0 Å². The Morgan fingerprint density at radius 3 is 2.37 bits per heavy atom. The van der Waals surface area contributed by atoms with E-state index in [1.54, 1.807) is 9.80 Å². The molecule has 1 unspecified atom stereocenters. The lowest BCUT2D eigenvalue weighted by Crippen LogP contribution is -2.56. The number of hydrogen-bond donors (Lipinski definition) is 1. The summed E-state index contributed by atoms with van der Waals surface area (Å²) in [4.78, 5) is 27.3. The number of likely N-dealkylation sites (N-methyl/N-ethyl adjacent to an activating group) is 1. The minimum atomic E-state index is 0.0761. The van der Waals surface area contributed by atoms with E-state index in [1.165, 1.54) is 12.8 Å². The van der Waals surface area contributed by atoms with Gasteiger partial charge < -0.3 is 15.1 Å². The third-order valence-electron chi connectivity index (χ3n) is 4.00. The van der Waals surface area contributed by atoms with Gasteiger partial charge in [-0.25, -0.2) is 0 Å². The molecule has 0 bridgehead atoms. The lowest BCUT2D eigenvalue weighted by Gasteiger charge is -2.35. The molecule has 2 fully saturated rings. The van der Waals surface area contributed by atoms with Crippen molar-refractivity contribution in [2.45, 2.75) is 39.2 Å². The molecular formula is C14H25N3O2. The van der Waals surface area contributed by atoms with Crippen LogP contribution >= 0.6 is 0 Å². The average Bonchev–Trinajstić information content (AvgIpc) is 3.22. The van der Waals surface area contributed by atoms with Gasteiger partial charge in [0.25, 0.3) is 0 Å². The lowest BCUT2D eigenvalue weighted by atomic mass is 10.1. The number of nitrogens with zero attached hydrogens (tertiary/aromatic N) is 2. The quantitative estimate of drug-likeness (QED) is 0.729. The predicted molar refractivity (Wildman–Crippen MR) is 73.6 cm³/mol. The standard InChI is InChI=1S/C14H25N3O2/c1-3-7-15-12(11-5-6-11)8-17-10-13(18)16(4-2)9-14(17)19/h11-12,15H,3-10H2,1-2H3. The van der Waals surface area contributed by atoms with Crippen LogP contribution in [0.5, 0.6) is 0 Å². The Balaban J connectivity index is 1.89. The molecule has 0 aromatic rings. The van der Waals surface area contributed by atoms with Gasteiger partial charge in [0.2, 0.25) is 11.8 Å². The zero-order chi connectivity index (χ0) is 13.8. The van der Waals surface area contributed by atoms with Gasteiger partial charge in [-0.3, -0.25) is 9.59 Å². The van der Waals surface area contributed by atoms with Crippen LogP contribution in [0.25, 0.3) is 0 Å². The Hall–Kier alpha value is -1.10. The fraction of sp³-hybridized carbons (Fsp3) is 0.857. The second-order valence-corrected chi connectivity index (χ2v) is 5.58. The number of amides is 2. The predicted octanol–water partition coefficient (Wildman–Crippen LogP) is 0.455. The first-order valence-electron chi connectivity index (χ1n) is 7.44. The summed E-state index contributed by atoms with van der Waals surface area (Å²) in [6, 6.07) is 0.366. The van der Waals surface area contributed by atoms with Gasteiger partial charge >= 0.3 is 0 Å². The van der Waals surface area contributed by atoms with Crippen molar-refractivity contribution in [3.63, 3.8) is 0 Å². The van der Waals surface area contributed by atoms with Crippen LogP contribution in [-0.2, 0) is 9.59 Å². The molecule has 1 aliphatic carbocycles. The summed E-state index contributed by atoms with van der Waals surface area (Å²) in [5.41, 5.74) is 0. The Kier molecular flexibility index (Phi) is 4.80. The van der Waals surface area contributed by atoms with E-state index in [0.29, 0.717) is 25.0 Å². The molecule has 1 saturated heterocycles. The Morgan fingerprint density at radius 2 is 1.79 bits per heavy atom. The van der Waals surface area contributed by atoms with E-state index in [9.17, 15) is 9.59 Å². The summed E-state index contributed by atoms with van der Waals surface area (Å²) < 4.78 is 0. The summed E-state index contributed by atoms with van der Waals surface area (Å²) in [6.45, 7) is 6.86. The van der Waals surface area contributed by atoms with Crippen molar-refractivity contribution in [3.8, 4) is 0 Å². The van der Waals surface area contributed by atoms with E-state index < -0.39 is 0 Å². The monoisotopic (exact) mass is 267 g/mol. The maximum absolute atomic E-state index is 12.1. The largest absolute Gasteiger partial charge is 0.332 e. The molecule has 19 heavy (non-hydrogen) atoms. The first-order valence-corrected chi connectivity index (χ1v) is 7.44. The zero-order valence-electron chi connectivity index (χ0n) is 12.0. The molecule has 0 spiro atoms. The number of rotatable bonds is 7. The molecule has 2 aliphatic rings. The van der Waals surface area contributed by atoms with Crippen molar-refractivity contribution in [1.82, 2.24) is 15.1 Å². The number of nitrogens with one attached hydrogen (secondary N) is 1. The third kappa shape index (κ3) is 3.69. The minimum Gasteiger partial charge on any atom is -0.332 e. The van der Waals surface area contributed by atoms with Crippen molar-refractivity contribution < 1.29 is 9.59 Å². The van der Waals surface area contributed by atoms with Crippen molar-refractivity contribution >= 4 is 11.8 Å². The summed E-state index contributed by atoms with van der Waals surface area (Å²) >= 11 is 0. The van der Waals surface area contributed by atoms with Crippen LogP contribution in [0.2, 0.25) is 0 Å². The van der Waals surface area contributed by atoms with Crippen molar-refractivity contribution in [2.75, 3.05) is 32.7 Å². The number of hydrogen-bond acceptors (Lipinski definition) is 3. The molecule has 2 rings (SSSR count). The second-order valence-electron chi connectivity index (χ2n) is 5.58. The van der Waals surface area contributed by atoms with E-state index in [1.807, 2.05) is 6.92 Å². The smallest absolute Gasteiger partial charge is 0.242 e. The maximum atomic E-state index is 12.1. The lowest BCUT2D eigenvalue weighted by molar-refractivity contribution is -0.150. The van der Waals surface area contributed by atoms with Gasteiger partial charge in [-0.1, -0.05) is 6.92 Å². The highest BCUT2D eigenvalue weighted by Gasteiger charge is 2.35. The molecule has 0 aromatic carbocycles. The van der Waals surface area contributed by atoms with Gasteiger partial charge in [-0.05, 0) is 38.6 Å². The van der Waals surface area contributed by atoms with Crippen LogP contribution in [-0.4, -0.2) is 60.4 Å². The van der Waals surface area contributed by atoms with Gasteiger partial charge in [-0.15, -0.1) is 0 Å². The van der Waals surface area contributed by atoms with Crippen molar-refractivity contribution in [1.29, 1.82) is 0 Å². The Morgan fingerprint density at radius 1 is 1.16 bits per heavy atom. The first-order chi connectivity index (χ1) is 9.15. The molecule has 1 saturated carbocycles. The fourth-order valence-electron chi connectivity index (χ4n) is 2.60. The number of carbonyl (C=O) groups excluding carboxylic acids is 2. The first kappa shape index (κ1) is 14.3. The van der Waals surface area contributed by atoms with E-state index in [4.69, 9.17) is 0 Å². The normalized spacial score (nSPS) is 22.0. The van der Waals surface area contributed by atoms with Gasteiger partial charge in [0.05, 0.1) is 13.1 Å². The highest BCUT2D eigenvalue weighted by molar-refractivity contribution is 5.92. The van der Waals surface area contributed by atoms with Crippen LogP contribution in [0.15, 0.2) is 0 Å². The van der Waals surface area contributed by atoms with Crippen LogP contribution in [0.3, 0.4) is 0 Å². The average molecular weight is 267 g/mol. The maximum Gasteiger partial charge on any atom is 0.242 e. The van der Waals surface area contributed by atoms with Crippen molar-refractivity contribution in [2.24, 2.45) is 5.92 Å². The minimum absolute atomic E-state index is 0.0761. The van der Waals surface area contributed by atoms with Crippen LogP contribution in [0.1, 0.15) is 33.1 Å². The molecular weight excluding hydrogens is 242 g/mol. The van der Waals surface area contributed by atoms with Crippen LogP contribution in [0.4, 0.5) is 0 Å².